The zero-order valence-electron chi connectivity index (χ0n) is 6.13. The second-order valence-electron chi connectivity index (χ2n) is 0.632. The van der Waals surface area contributed by atoms with Gasteiger partial charge in [-0.25, -0.2) is 0 Å². The van der Waals surface area contributed by atoms with Gasteiger partial charge in [-0.05, 0) is 13.8 Å². The summed E-state index contributed by atoms with van der Waals surface area (Å²) in [6.45, 7) is 3.86. The van der Waals surface area contributed by atoms with Crippen molar-refractivity contribution in [2.75, 3.05) is 13.2 Å². The average Bonchev–Trinajstić information content (AvgIpc) is 1.39. The molecule has 0 spiro atoms. The summed E-state index contributed by atoms with van der Waals surface area (Å²) in [6, 6.07) is 0. The molecular formula is C4H14Cl2O2Ti2. The first kappa shape index (κ1) is 40.5. The van der Waals surface area contributed by atoms with E-state index in [0.717, 1.165) is 0 Å². The third-order valence-electron chi connectivity index (χ3n) is 0. The van der Waals surface area contributed by atoms with Gasteiger partial charge in [0.25, 0.3) is 0 Å². The summed E-state index contributed by atoms with van der Waals surface area (Å²) in [5.41, 5.74) is 0. The Morgan fingerprint density at radius 3 is 0.800 bits per heavy atom. The second-order valence-corrected chi connectivity index (χ2v) is 0.632. The Morgan fingerprint density at radius 2 is 0.800 bits per heavy atom. The van der Waals surface area contributed by atoms with Crippen molar-refractivity contribution < 1.29 is 53.6 Å². The van der Waals surface area contributed by atoms with Crippen LogP contribution in [0.5, 0.6) is 0 Å². The maximum atomic E-state index is 7.57. The van der Waals surface area contributed by atoms with E-state index in [1.807, 2.05) is 0 Å². The monoisotopic (exact) mass is 260 g/mol. The predicted molar refractivity (Wildman–Crippen MR) is 40.0 cm³/mol. The van der Waals surface area contributed by atoms with Crippen molar-refractivity contribution in [1.29, 1.82) is 0 Å². The summed E-state index contributed by atoms with van der Waals surface area (Å²) < 4.78 is 0. The zero-order valence-corrected chi connectivity index (χ0v) is 10.9. The van der Waals surface area contributed by atoms with Crippen molar-refractivity contribution in [3.63, 3.8) is 0 Å². The second kappa shape index (κ2) is 69.8. The number of aliphatic hydroxyl groups excluding tert-OH is 2. The fourth-order valence-electron chi connectivity index (χ4n) is 0. The Morgan fingerprint density at radius 1 is 0.800 bits per heavy atom. The van der Waals surface area contributed by atoms with Gasteiger partial charge in [-0.2, -0.15) is 0 Å². The van der Waals surface area contributed by atoms with Crippen LogP contribution in [0.4, 0.5) is 0 Å². The minimum atomic E-state index is 0. The minimum Gasteiger partial charge on any atom is -0.397 e. The van der Waals surface area contributed by atoms with Gasteiger partial charge in [0.05, 0.1) is 0 Å². The van der Waals surface area contributed by atoms with E-state index in [1.54, 1.807) is 13.8 Å². The Balaban J connectivity index is -0.00000000571. The summed E-state index contributed by atoms with van der Waals surface area (Å²) in [5, 5.41) is 15.1. The molecule has 0 bridgehead atoms. The molecule has 0 heterocycles. The molecule has 0 saturated heterocycles. The van der Waals surface area contributed by atoms with E-state index < -0.39 is 0 Å². The van der Waals surface area contributed by atoms with E-state index in [2.05, 4.69) is 0 Å². The number of halogens is 2. The normalized spacial score (nSPS) is 3.60. The van der Waals surface area contributed by atoms with Gasteiger partial charge in [0.2, 0.25) is 0 Å². The molecule has 0 aliphatic heterocycles. The summed E-state index contributed by atoms with van der Waals surface area (Å²) >= 11 is 0. The average molecular weight is 261 g/mol. The SMILES string of the molecule is CCO.CCO.Cl.Cl.[Ti].[Ti]. The molecule has 0 unspecified atom stereocenters. The third kappa shape index (κ3) is 213. The molecule has 10 heavy (non-hydrogen) atoms. The van der Waals surface area contributed by atoms with Crippen molar-refractivity contribution in [1.82, 2.24) is 0 Å². The predicted octanol–water partition coefficient (Wildman–Crippen LogP) is 0.836. The standard InChI is InChI=1S/2C2H6O.2ClH.2Ti/c2*1-2-3;;;;/h2*3H,2H2,1H3;2*1H;;. The molecule has 6 heteroatoms. The number of hydrogen-bond donors (Lipinski definition) is 2. The van der Waals surface area contributed by atoms with E-state index >= 15 is 0 Å². The largest absolute Gasteiger partial charge is 0.397 e. The van der Waals surface area contributed by atoms with E-state index in [4.69, 9.17) is 10.2 Å². The number of hydrogen-bond acceptors (Lipinski definition) is 2. The molecule has 0 amide bonds. The summed E-state index contributed by atoms with van der Waals surface area (Å²) in [6.07, 6.45) is 0. The van der Waals surface area contributed by atoms with Crippen LogP contribution in [0, 0.1) is 0 Å². The Labute approximate surface area is 105 Å². The number of aliphatic hydroxyl groups is 2. The van der Waals surface area contributed by atoms with Gasteiger partial charge in [-0.1, -0.05) is 0 Å². The van der Waals surface area contributed by atoms with Crippen LogP contribution in [0.2, 0.25) is 0 Å². The maximum Gasteiger partial charge on any atom is 0.0402 e. The van der Waals surface area contributed by atoms with Crippen LogP contribution in [0.15, 0.2) is 0 Å². The van der Waals surface area contributed by atoms with Crippen LogP contribution in [0.1, 0.15) is 13.8 Å². The van der Waals surface area contributed by atoms with Crippen LogP contribution in [-0.2, 0) is 43.4 Å². The number of rotatable bonds is 0. The van der Waals surface area contributed by atoms with Gasteiger partial charge in [0, 0.05) is 56.6 Å². The van der Waals surface area contributed by atoms with Crippen LogP contribution in [0.25, 0.3) is 0 Å². The molecule has 0 aromatic carbocycles. The van der Waals surface area contributed by atoms with Gasteiger partial charge in [-0.3, -0.25) is 0 Å². The van der Waals surface area contributed by atoms with Crippen LogP contribution < -0.4 is 0 Å². The molecule has 0 radical (unpaired) electrons. The molecule has 64 valence electrons. The van der Waals surface area contributed by atoms with Crippen molar-refractivity contribution in [3.8, 4) is 0 Å². The van der Waals surface area contributed by atoms with Crippen molar-refractivity contribution in [2.24, 2.45) is 0 Å². The molecule has 2 nitrogen and oxygen atoms in total. The van der Waals surface area contributed by atoms with Gasteiger partial charge in [0.1, 0.15) is 0 Å². The fourth-order valence-corrected chi connectivity index (χ4v) is 0. The Kier molecular flexibility index (Phi) is 283. The first-order valence-corrected chi connectivity index (χ1v) is 2.05. The van der Waals surface area contributed by atoms with E-state index in [0.29, 0.717) is 0 Å². The smallest absolute Gasteiger partial charge is 0.0402 e. The molecule has 0 aliphatic carbocycles. The molecule has 0 rings (SSSR count). The summed E-state index contributed by atoms with van der Waals surface area (Å²) in [4.78, 5) is 0. The van der Waals surface area contributed by atoms with E-state index in [9.17, 15) is 0 Å². The van der Waals surface area contributed by atoms with Crippen LogP contribution in [-0.4, -0.2) is 23.4 Å². The van der Waals surface area contributed by atoms with Gasteiger partial charge < -0.3 is 10.2 Å². The van der Waals surface area contributed by atoms with E-state index in [1.165, 1.54) is 0 Å². The van der Waals surface area contributed by atoms with Crippen molar-refractivity contribution in [2.45, 2.75) is 13.8 Å². The molecule has 2 N–H and O–H groups in total. The van der Waals surface area contributed by atoms with E-state index in [-0.39, 0.29) is 81.5 Å². The topological polar surface area (TPSA) is 40.5 Å². The molecular weight excluding hydrogens is 247 g/mol. The molecule has 0 saturated carbocycles. The Hall–Kier alpha value is 1.93. The first-order valence-electron chi connectivity index (χ1n) is 2.05. The third-order valence-corrected chi connectivity index (χ3v) is 0. The molecule has 0 aromatic rings. The molecule has 0 aliphatic rings. The molecule has 0 fully saturated rings. The van der Waals surface area contributed by atoms with Gasteiger partial charge in [-0.15, -0.1) is 24.8 Å². The fraction of sp³-hybridized carbons (Fsp3) is 1.00. The molecule has 0 aromatic heterocycles. The van der Waals surface area contributed by atoms with Crippen LogP contribution in [0.3, 0.4) is 0 Å². The van der Waals surface area contributed by atoms with Gasteiger partial charge in [0.15, 0.2) is 0 Å². The Bertz CT molecular complexity index is 21.2. The zero-order chi connectivity index (χ0) is 5.41. The minimum absolute atomic E-state index is 0. The van der Waals surface area contributed by atoms with Crippen LogP contribution >= 0.6 is 24.8 Å². The maximum absolute atomic E-state index is 7.57. The quantitative estimate of drug-likeness (QED) is 0.634. The van der Waals surface area contributed by atoms with Gasteiger partial charge >= 0.3 is 0 Å². The van der Waals surface area contributed by atoms with Crippen molar-refractivity contribution >= 4 is 24.8 Å². The van der Waals surface area contributed by atoms with Crippen molar-refractivity contribution in [3.05, 3.63) is 0 Å². The first-order chi connectivity index (χ1) is 2.83. The summed E-state index contributed by atoms with van der Waals surface area (Å²) in [7, 11) is 0. The summed E-state index contributed by atoms with van der Waals surface area (Å²) in [5.74, 6) is 0. The molecule has 0 atom stereocenters.